The van der Waals surface area contributed by atoms with E-state index in [1.54, 1.807) is 6.92 Å². The average molecular weight is 411 g/mol. The first kappa shape index (κ1) is 22.9. The van der Waals surface area contributed by atoms with E-state index in [0.29, 0.717) is 25.2 Å². The molecule has 2 rings (SSSR count). The van der Waals surface area contributed by atoms with Gasteiger partial charge in [0.25, 0.3) is 0 Å². The van der Waals surface area contributed by atoms with Crippen molar-refractivity contribution in [3.63, 3.8) is 0 Å². The SMILES string of the molecule is Cc1cc(O)c(O)cc1C(=O)OCC(O)CNC(C)(C)COC(=O)[C@H]1CCOC1. The van der Waals surface area contributed by atoms with E-state index in [2.05, 4.69) is 5.32 Å². The van der Waals surface area contributed by atoms with Gasteiger partial charge in [-0.25, -0.2) is 4.79 Å². The Hall–Kier alpha value is -2.36. The van der Waals surface area contributed by atoms with Gasteiger partial charge in [0.15, 0.2) is 11.5 Å². The number of phenolic OH excluding ortho intramolecular Hbond substituents is 2. The van der Waals surface area contributed by atoms with E-state index in [0.717, 1.165) is 6.07 Å². The summed E-state index contributed by atoms with van der Waals surface area (Å²) in [5.74, 6) is -1.99. The molecule has 0 aromatic heterocycles. The highest BCUT2D eigenvalue weighted by atomic mass is 16.5. The lowest BCUT2D eigenvalue weighted by Gasteiger charge is -2.27. The summed E-state index contributed by atoms with van der Waals surface area (Å²) in [4.78, 5) is 24.1. The fourth-order valence-corrected chi connectivity index (χ4v) is 2.74. The minimum Gasteiger partial charge on any atom is -0.504 e. The Morgan fingerprint density at radius 2 is 1.97 bits per heavy atom. The van der Waals surface area contributed by atoms with Gasteiger partial charge in [0, 0.05) is 18.7 Å². The van der Waals surface area contributed by atoms with Gasteiger partial charge in [-0.2, -0.15) is 0 Å². The lowest BCUT2D eigenvalue weighted by molar-refractivity contribution is -0.150. The number of aliphatic hydroxyl groups excluding tert-OH is 1. The molecule has 0 aliphatic carbocycles. The van der Waals surface area contributed by atoms with Crippen molar-refractivity contribution in [1.82, 2.24) is 5.32 Å². The smallest absolute Gasteiger partial charge is 0.338 e. The topological polar surface area (TPSA) is 135 Å². The van der Waals surface area contributed by atoms with Gasteiger partial charge in [-0.3, -0.25) is 4.79 Å². The number of benzene rings is 1. The fourth-order valence-electron chi connectivity index (χ4n) is 2.74. The number of hydrogen-bond donors (Lipinski definition) is 4. The van der Waals surface area contributed by atoms with Gasteiger partial charge in [0.05, 0.1) is 18.1 Å². The molecule has 2 atom stereocenters. The number of rotatable bonds is 9. The number of nitrogens with one attached hydrogen (secondary N) is 1. The summed E-state index contributed by atoms with van der Waals surface area (Å²) in [6.07, 6.45) is -0.321. The minimum atomic E-state index is -0.983. The number of β-amino-alcohol motifs (C(OH)–C–C–N with tert-alkyl or cyclic N) is 1. The Bertz CT molecular complexity index is 727. The van der Waals surface area contributed by atoms with E-state index in [4.69, 9.17) is 14.2 Å². The molecule has 1 unspecified atom stereocenters. The largest absolute Gasteiger partial charge is 0.504 e. The number of carbonyl (C=O) groups excluding carboxylic acids is 2. The van der Waals surface area contributed by atoms with Crippen LogP contribution in [0.4, 0.5) is 0 Å². The molecule has 162 valence electrons. The van der Waals surface area contributed by atoms with Crippen molar-refractivity contribution >= 4 is 11.9 Å². The maximum Gasteiger partial charge on any atom is 0.338 e. The van der Waals surface area contributed by atoms with Crippen molar-refractivity contribution in [2.24, 2.45) is 5.92 Å². The number of esters is 2. The van der Waals surface area contributed by atoms with E-state index < -0.39 is 23.4 Å². The standard InChI is InChI=1S/C20H29NO8/c1-12-6-16(23)17(24)7-15(12)19(26)28-10-14(22)8-21-20(2,3)11-29-18(25)13-4-5-27-9-13/h6-7,13-14,21-24H,4-5,8-11H2,1-3H3/t13-,14?/m0/s1. The maximum absolute atomic E-state index is 12.1. The van der Waals surface area contributed by atoms with Crippen LogP contribution in [0.3, 0.4) is 0 Å². The highest BCUT2D eigenvalue weighted by Gasteiger charge is 2.28. The highest BCUT2D eigenvalue weighted by Crippen LogP contribution is 2.28. The van der Waals surface area contributed by atoms with Gasteiger partial charge < -0.3 is 34.8 Å². The molecule has 1 heterocycles. The molecule has 0 spiro atoms. The van der Waals surface area contributed by atoms with Crippen LogP contribution < -0.4 is 5.32 Å². The van der Waals surface area contributed by atoms with Crippen LogP contribution in [-0.4, -0.2) is 71.9 Å². The molecule has 0 bridgehead atoms. The maximum atomic E-state index is 12.1. The lowest BCUT2D eigenvalue weighted by atomic mass is 10.1. The molecule has 29 heavy (non-hydrogen) atoms. The van der Waals surface area contributed by atoms with Crippen LogP contribution in [0.15, 0.2) is 12.1 Å². The second kappa shape index (κ2) is 9.91. The summed E-state index contributed by atoms with van der Waals surface area (Å²) >= 11 is 0. The van der Waals surface area contributed by atoms with Crippen molar-refractivity contribution in [1.29, 1.82) is 0 Å². The van der Waals surface area contributed by atoms with Crippen LogP contribution in [0.2, 0.25) is 0 Å². The molecule has 1 aromatic carbocycles. The zero-order valence-corrected chi connectivity index (χ0v) is 16.9. The average Bonchev–Trinajstić information content (AvgIpc) is 3.20. The molecular formula is C20H29NO8. The third-order valence-corrected chi connectivity index (χ3v) is 4.60. The predicted molar refractivity (Wildman–Crippen MR) is 103 cm³/mol. The number of aromatic hydroxyl groups is 2. The van der Waals surface area contributed by atoms with Crippen molar-refractivity contribution in [2.75, 3.05) is 33.0 Å². The molecule has 4 N–H and O–H groups in total. The molecule has 0 saturated carbocycles. The van der Waals surface area contributed by atoms with Gasteiger partial charge in [0.2, 0.25) is 0 Å². The van der Waals surface area contributed by atoms with Crippen molar-refractivity contribution in [3.05, 3.63) is 23.3 Å². The van der Waals surface area contributed by atoms with Gasteiger partial charge in [0.1, 0.15) is 19.3 Å². The lowest BCUT2D eigenvalue weighted by Crippen LogP contribution is -2.48. The summed E-state index contributed by atoms with van der Waals surface area (Å²) < 4.78 is 15.6. The molecular weight excluding hydrogens is 382 g/mol. The number of phenols is 2. The zero-order valence-electron chi connectivity index (χ0n) is 16.9. The number of hydrogen-bond acceptors (Lipinski definition) is 9. The first-order valence-corrected chi connectivity index (χ1v) is 9.46. The zero-order chi connectivity index (χ0) is 21.6. The second-order valence-corrected chi connectivity index (χ2v) is 7.84. The van der Waals surface area contributed by atoms with Gasteiger partial charge in [-0.15, -0.1) is 0 Å². The van der Waals surface area contributed by atoms with Crippen molar-refractivity contribution < 1.29 is 39.1 Å². The molecule has 9 heteroatoms. The molecule has 1 fully saturated rings. The van der Waals surface area contributed by atoms with Gasteiger partial charge >= 0.3 is 11.9 Å². The van der Waals surface area contributed by atoms with Crippen molar-refractivity contribution in [2.45, 2.75) is 38.8 Å². The molecule has 1 aromatic rings. The number of aryl methyl sites for hydroxylation is 1. The van der Waals surface area contributed by atoms with Crippen molar-refractivity contribution in [3.8, 4) is 11.5 Å². The predicted octanol–water partition coefficient (Wildman–Crippen LogP) is 0.872. The van der Waals surface area contributed by atoms with E-state index in [1.165, 1.54) is 6.07 Å². The summed E-state index contributed by atoms with van der Waals surface area (Å²) in [5.41, 5.74) is -0.0449. The summed E-state index contributed by atoms with van der Waals surface area (Å²) in [5, 5.41) is 32.1. The van der Waals surface area contributed by atoms with E-state index in [9.17, 15) is 24.9 Å². The third-order valence-electron chi connectivity index (χ3n) is 4.60. The monoisotopic (exact) mass is 411 g/mol. The van der Waals surface area contributed by atoms with Crippen LogP contribution in [0.25, 0.3) is 0 Å². The van der Waals surface area contributed by atoms with Gasteiger partial charge in [-0.05, 0) is 44.9 Å². The van der Waals surface area contributed by atoms with Crippen LogP contribution in [0.1, 0.15) is 36.2 Å². The van der Waals surface area contributed by atoms with Gasteiger partial charge in [-0.1, -0.05) is 0 Å². The molecule has 0 amide bonds. The Labute approximate surface area is 169 Å². The number of ether oxygens (including phenoxy) is 3. The number of aliphatic hydroxyl groups is 1. The van der Waals surface area contributed by atoms with Crippen LogP contribution in [0.5, 0.6) is 11.5 Å². The van der Waals surface area contributed by atoms with Crippen LogP contribution >= 0.6 is 0 Å². The molecule has 0 radical (unpaired) electrons. The Morgan fingerprint density at radius 3 is 2.62 bits per heavy atom. The Morgan fingerprint density at radius 1 is 1.28 bits per heavy atom. The van der Waals surface area contributed by atoms with Crippen LogP contribution in [0, 0.1) is 12.8 Å². The van der Waals surface area contributed by atoms with Crippen LogP contribution in [-0.2, 0) is 19.0 Å². The highest BCUT2D eigenvalue weighted by molar-refractivity contribution is 5.92. The quantitative estimate of drug-likeness (QED) is 0.345. The van der Waals surface area contributed by atoms with E-state index >= 15 is 0 Å². The molecule has 1 saturated heterocycles. The number of carbonyl (C=O) groups is 2. The minimum absolute atomic E-state index is 0.101. The summed E-state index contributed by atoms with van der Waals surface area (Å²) in [6, 6.07) is 2.37. The Kier molecular flexibility index (Phi) is 7.83. The Balaban J connectivity index is 1.74. The molecule has 1 aliphatic rings. The summed E-state index contributed by atoms with van der Waals surface area (Å²) in [6.45, 7) is 6.17. The first-order valence-electron chi connectivity index (χ1n) is 9.46. The van der Waals surface area contributed by atoms with E-state index in [-0.39, 0.29) is 43.0 Å². The normalized spacial score (nSPS) is 17.7. The first-order chi connectivity index (χ1) is 13.6. The summed E-state index contributed by atoms with van der Waals surface area (Å²) in [7, 11) is 0. The molecule has 9 nitrogen and oxygen atoms in total. The molecule has 1 aliphatic heterocycles. The van der Waals surface area contributed by atoms with E-state index in [1.807, 2.05) is 13.8 Å². The third kappa shape index (κ3) is 6.88. The fraction of sp³-hybridized carbons (Fsp3) is 0.600. The second-order valence-electron chi connectivity index (χ2n) is 7.84.